The first kappa shape index (κ1) is 21.7. The minimum Gasteiger partial charge on any atom is -0.332 e. The Kier molecular flexibility index (Phi) is 5.94. The number of amides is 3. The molecule has 0 aliphatic carbocycles. The Morgan fingerprint density at radius 3 is 2.82 bits per heavy atom. The molecule has 1 aromatic heterocycles. The van der Waals surface area contributed by atoms with Gasteiger partial charge >= 0.3 is 0 Å². The highest BCUT2D eigenvalue weighted by Gasteiger charge is 2.39. The lowest BCUT2D eigenvalue weighted by Crippen LogP contribution is -2.52. The van der Waals surface area contributed by atoms with Crippen LogP contribution in [0, 0.1) is 0 Å². The SMILES string of the molecule is O=C1CCC(N2Cc3cc(CN(c4ncnc(Cl)n4)C4CCCNC4)ccc3C2=O)C(=O)N1. The van der Waals surface area contributed by atoms with Gasteiger partial charge in [-0.25, -0.2) is 9.97 Å². The summed E-state index contributed by atoms with van der Waals surface area (Å²) in [7, 11) is 0. The molecule has 0 bridgehead atoms. The van der Waals surface area contributed by atoms with Gasteiger partial charge in [-0.15, -0.1) is 0 Å². The van der Waals surface area contributed by atoms with Crippen LogP contribution in [0.15, 0.2) is 24.5 Å². The number of piperidine rings is 2. The quantitative estimate of drug-likeness (QED) is 0.623. The van der Waals surface area contributed by atoms with E-state index in [1.807, 2.05) is 18.2 Å². The summed E-state index contributed by atoms with van der Waals surface area (Å²) in [6.45, 7) is 2.69. The highest BCUT2D eigenvalue weighted by Crippen LogP contribution is 2.29. The fourth-order valence-corrected chi connectivity index (χ4v) is 4.91. The summed E-state index contributed by atoms with van der Waals surface area (Å²) in [6.07, 6.45) is 4.05. The fourth-order valence-electron chi connectivity index (χ4n) is 4.79. The van der Waals surface area contributed by atoms with E-state index in [-0.39, 0.29) is 29.6 Å². The third kappa shape index (κ3) is 4.40. The van der Waals surface area contributed by atoms with E-state index in [0.717, 1.165) is 37.1 Å². The molecule has 0 radical (unpaired) electrons. The average molecular weight is 470 g/mol. The Labute approximate surface area is 195 Å². The van der Waals surface area contributed by atoms with Crippen LogP contribution in [0.3, 0.4) is 0 Å². The maximum absolute atomic E-state index is 13.0. The van der Waals surface area contributed by atoms with Crippen LogP contribution in [0.5, 0.6) is 0 Å². The van der Waals surface area contributed by atoms with Gasteiger partial charge in [-0.05, 0) is 54.6 Å². The number of halogens is 1. The van der Waals surface area contributed by atoms with Crippen molar-refractivity contribution in [3.8, 4) is 0 Å². The zero-order valence-electron chi connectivity index (χ0n) is 18.0. The van der Waals surface area contributed by atoms with E-state index in [1.54, 1.807) is 4.90 Å². The second kappa shape index (κ2) is 9.03. The van der Waals surface area contributed by atoms with Crippen molar-refractivity contribution in [2.75, 3.05) is 18.0 Å². The number of carbonyl (C=O) groups excluding carboxylic acids is 3. The molecule has 5 rings (SSSR count). The largest absolute Gasteiger partial charge is 0.332 e. The van der Waals surface area contributed by atoms with E-state index in [0.29, 0.717) is 31.0 Å². The third-order valence-corrected chi connectivity index (χ3v) is 6.62. The van der Waals surface area contributed by atoms with Gasteiger partial charge < -0.3 is 15.1 Å². The smallest absolute Gasteiger partial charge is 0.255 e. The van der Waals surface area contributed by atoms with E-state index in [1.165, 1.54) is 6.33 Å². The van der Waals surface area contributed by atoms with Crippen molar-refractivity contribution in [1.82, 2.24) is 30.5 Å². The molecule has 2 N–H and O–H groups in total. The predicted molar refractivity (Wildman–Crippen MR) is 119 cm³/mol. The number of imide groups is 1. The number of hydrogen-bond donors (Lipinski definition) is 2. The summed E-state index contributed by atoms with van der Waals surface area (Å²) in [4.78, 5) is 53.0. The maximum Gasteiger partial charge on any atom is 0.255 e. The number of fused-ring (bicyclic) bond motifs is 1. The Morgan fingerprint density at radius 2 is 2.06 bits per heavy atom. The first-order valence-electron chi connectivity index (χ1n) is 11.1. The molecule has 2 unspecified atom stereocenters. The molecule has 0 spiro atoms. The monoisotopic (exact) mass is 469 g/mol. The van der Waals surface area contributed by atoms with Crippen LogP contribution in [-0.4, -0.2) is 62.7 Å². The molecule has 10 nitrogen and oxygen atoms in total. The second-order valence-corrected chi connectivity index (χ2v) is 8.91. The van der Waals surface area contributed by atoms with Crippen molar-refractivity contribution >= 4 is 35.3 Å². The molecular formula is C22H24ClN7O3. The number of nitrogens with zero attached hydrogens (tertiary/aromatic N) is 5. The predicted octanol–water partition coefficient (Wildman–Crippen LogP) is 1.04. The lowest BCUT2D eigenvalue weighted by molar-refractivity contribution is -0.136. The molecule has 2 atom stereocenters. The highest BCUT2D eigenvalue weighted by molar-refractivity contribution is 6.28. The molecule has 1 aromatic carbocycles. The molecule has 33 heavy (non-hydrogen) atoms. The molecule has 11 heteroatoms. The number of anilines is 1. The van der Waals surface area contributed by atoms with Crippen molar-refractivity contribution in [3.05, 3.63) is 46.5 Å². The Balaban J connectivity index is 1.38. The number of rotatable bonds is 5. The molecule has 2 fully saturated rings. The standard InChI is InChI=1S/C22H24ClN7O3/c23-21-25-12-26-22(28-21)29(15-2-1-7-24-9-15)10-13-3-4-16-14(8-13)11-30(20(16)33)17-5-6-18(31)27-19(17)32/h3-4,8,12,15,17,24H,1-2,5-7,9-11H2,(H,27,31,32). The van der Waals surface area contributed by atoms with Gasteiger partial charge in [-0.3, -0.25) is 19.7 Å². The van der Waals surface area contributed by atoms with E-state index in [4.69, 9.17) is 11.6 Å². The number of benzene rings is 1. The normalized spacial score (nSPS) is 22.8. The van der Waals surface area contributed by atoms with Gasteiger partial charge in [0.15, 0.2) is 0 Å². The van der Waals surface area contributed by atoms with Gasteiger partial charge in [0.1, 0.15) is 12.4 Å². The molecular weight excluding hydrogens is 446 g/mol. The van der Waals surface area contributed by atoms with Crippen LogP contribution in [0.1, 0.15) is 47.2 Å². The van der Waals surface area contributed by atoms with Crippen LogP contribution in [0.4, 0.5) is 5.95 Å². The number of nitrogens with one attached hydrogen (secondary N) is 2. The Bertz CT molecular complexity index is 1110. The van der Waals surface area contributed by atoms with E-state index >= 15 is 0 Å². The van der Waals surface area contributed by atoms with Crippen molar-refractivity contribution in [2.45, 2.75) is 50.9 Å². The van der Waals surface area contributed by atoms with Crippen molar-refractivity contribution in [2.24, 2.45) is 0 Å². The van der Waals surface area contributed by atoms with Crippen molar-refractivity contribution < 1.29 is 14.4 Å². The van der Waals surface area contributed by atoms with Crippen LogP contribution in [0.2, 0.25) is 5.28 Å². The van der Waals surface area contributed by atoms with Crippen molar-refractivity contribution in [3.63, 3.8) is 0 Å². The summed E-state index contributed by atoms with van der Waals surface area (Å²) in [5.41, 5.74) is 2.48. The summed E-state index contributed by atoms with van der Waals surface area (Å²) in [5.74, 6) is -0.358. The molecule has 172 valence electrons. The lowest BCUT2D eigenvalue weighted by Gasteiger charge is -2.34. The van der Waals surface area contributed by atoms with Gasteiger partial charge in [0.25, 0.3) is 5.91 Å². The van der Waals surface area contributed by atoms with Gasteiger partial charge in [0.05, 0.1) is 0 Å². The molecule has 4 heterocycles. The summed E-state index contributed by atoms with van der Waals surface area (Å²) in [5, 5.41) is 5.91. The van der Waals surface area contributed by atoms with E-state index in [9.17, 15) is 14.4 Å². The molecule has 3 aliphatic rings. The van der Waals surface area contributed by atoms with Gasteiger partial charge in [-0.2, -0.15) is 4.98 Å². The highest BCUT2D eigenvalue weighted by atomic mass is 35.5. The van der Waals surface area contributed by atoms with Gasteiger partial charge in [0.2, 0.25) is 23.0 Å². The number of hydrogen-bond acceptors (Lipinski definition) is 8. The maximum atomic E-state index is 13.0. The average Bonchev–Trinajstić information content (AvgIpc) is 3.13. The fraction of sp³-hybridized carbons (Fsp3) is 0.455. The van der Waals surface area contributed by atoms with Crippen LogP contribution >= 0.6 is 11.6 Å². The van der Waals surface area contributed by atoms with E-state index < -0.39 is 11.9 Å². The Hall–Kier alpha value is -3.11. The molecule has 0 saturated carbocycles. The lowest BCUT2D eigenvalue weighted by atomic mass is 10.0. The van der Waals surface area contributed by atoms with Gasteiger partial charge in [-0.1, -0.05) is 12.1 Å². The number of carbonyl (C=O) groups is 3. The summed E-state index contributed by atoms with van der Waals surface area (Å²) >= 11 is 6.03. The Morgan fingerprint density at radius 1 is 1.18 bits per heavy atom. The van der Waals surface area contributed by atoms with Crippen LogP contribution in [0.25, 0.3) is 0 Å². The molecule has 3 amide bonds. The number of aromatic nitrogens is 3. The van der Waals surface area contributed by atoms with Crippen molar-refractivity contribution in [1.29, 1.82) is 0 Å². The minimum atomic E-state index is -0.622. The van der Waals surface area contributed by atoms with Gasteiger partial charge in [0, 0.05) is 37.7 Å². The topological polar surface area (TPSA) is 120 Å². The third-order valence-electron chi connectivity index (χ3n) is 6.44. The summed E-state index contributed by atoms with van der Waals surface area (Å²) in [6, 6.07) is 5.33. The second-order valence-electron chi connectivity index (χ2n) is 8.57. The minimum absolute atomic E-state index is 0.146. The zero-order chi connectivity index (χ0) is 22.9. The molecule has 2 saturated heterocycles. The molecule has 2 aromatic rings. The van der Waals surface area contributed by atoms with Crippen LogP contribution in [-0.2, 0) is 22.7 Å². The zero-order valence-corrected chi connectivity index (χ0v) is 18.7. The first-order chi connectivity index (χ1) is 16.0. The van der Waals surface area contributed by atoms with E-state index in [2.05, 4.69) is 30.5 Å². The summed E-state index contributed by atoms with van der Waals surface area (Å²) < 4.78 is 0. The first-order valence-corrected chi connectivity index (χ1v) is 11.5. The molecule has 3 aliphatic heterocycles. The van der Waals surface area contributed by atoms with Crippen LogP contribution < -0.4 is 15.5 Å².